The van der Waals surface area contributed by atoms with Crippen LogP contribution in [-0.2, 0) is 9.63 Å². The highest BCUT2D eigenvalue weighted by Gasteiger charge is 2.23. The van der Waals surface area contributed by atoms with Gasteiger partial charge in [-0.1, -0.05) is 6.07 Å². The average molecular weight is 254 g/mol. The summed E-state index contributed by atoms with van der Waals surface area (Å²) in [4.78, 5) is 30.8. The molecule has 5 nitrogen and oxygen atoms in total. The number of likely N-dealkylation sites (N-methyl/N-ethyl adjacent to an activating group) is 1. The van der Waals surface area contributed by atoms with Gasteiger partial charge >= 0.3 is 0 Å². The molecule has 17 heavy (non-hydrogen) atoms. The summed E-state index contributed by atoms with van der Waals surface area (Å²) >= 11 is 1.37. The second-order valence-corrected chi connectivity index (χ2v) is 4.77. The Labute approximate surface area is 104 Å². The van der Waals surface area contributed by atoms with E-state index in [1.807, 2.05) is 11.4 Å². The fraction of sp³-hybridized carbons (Fsp3) is 0.455. The summed E-state index contributed by atoms with van der Waals surface area (Å²) in [6.07, 6.45) is 0.855. The van der Waals surface area contributed by atoms with Crippen LogP contribution in [0, 0.1) is 0 Å². The standard InChI is InChI=1S/C11H14N2O3S/c1-12(11(15)9-4-2-7-17-9)8-10(14)13-5-3-6-16-13/h2,4,7H,3,5-6,8H2,1H3. The number of carbonyl (C=O) groups excluding carboxylic acids is 2. The second-order valence-electron chi connectivity index (χ2n) is 3.82. The first-order chi connectivity index (χ1) is 8.18. The average Bonchev–Trinajstić information content (AvgIpc) is 3.00. The maximum absolute atomic E-state index is 11.9. The van der Waals surface area contributed by atoms with Crippen molar-refractivity contribution in [3.63, 3.8) is 0 Å². The number of rotatable bonds is 3. The molecule has 1 aliphatic rings. The first kappa shape index (κ1) is 12.1. The Hall–Kier alpha value is -1.40. The molecule has 0 radical (unpaired) electrons. The Bertz CT molecular complexity index is 399. The van der Waals surface area contributed by atoms with E-state index in [1.54, 1.807) is 13.1 Å². The Morgan fingerprint density at radius 3 is 3.00 bits per heavy atom. The number of hydrogen-bond donors (Lipinski definition) is 0. The number of thiophene rings is 1. The summed E-state index contributed by atoms with van der Waals surface area (Å²) in [5.41, 5.74) is 0. The quantitative estimate of drug-likeness (QED) is 0.808. The van der Waals surface area contributed by atoms with Crippen LogP contribution >= 0.6 is 11.3 Å². The fourth-order valence-corrected chi connectivity index (χ4v) is 2.30. The predicted octanol–water partition coefficient (Wildman–Crippen LogP) is 0.984. The third kappa shape index (κ3) is 2.83. The molecule has 0 bridgehead atoms. The van der Waals surface area contributed by atoms with Crippen LogP contribution < -0.4 is 0 Å². The lowest BCUT2D eigenvalue weighted by Gasteiger charge is -2.19. The summed E-state index contributed by atoms with van der Waals surface area (Å²) < 4.78 is 0. The number of carbonyl (C=O) groups is 2. The van der Waals surface area contributed by atoms with Gasteiger partial charge in [0, 0.05) is 7.05 Å². The molecule has 2 rings (SSSR count). The highest BCUT2D eigenvalue weighted by atomic mass is 32.1. The van der Waals surface area contributed by atoms with Crippen LogP contribution in [0.1, 0.15) is 16.1 Å². The number of hydrogen-bond acceptors (Lipinski definition) is 4. The lowest BCUT2D eigenvalue weighted by molar-refractivity contribution is -0.169. The Morgan fingerprint density at radius 2 is 2.41 bits per heavy atom. The molecule has 0 N–H and O–H groups in total. The minimum Gasteiger partial charge on any atom is -0.332 e. The van der Waals surface area contributed by atoms with Crippen molar-refractivity contribution in [3.8, 4) is 0 Å². The van der Waals surface area contributed by atoms with Crippen LogP contribution in [0.15, 0.2) is 17.5 Å². The van der Waals surface area contributed by atoms with Crippen molar-refractivity contribution in [3.05, 3.63) is 22.4 Å². The first-order valence-electron chi connectivity index (χ1n) is 5.41. The van der Waals surface area contributed by atoms with Crippen LogP contribution in [0.3, 0.4) is 0 Å². The molecule has 92 valence electrons. The summed E-state index contributed by atoms with van der Waals surface area (Å²) in [5.74, 6) is -0.303. The third-order valence-corrected chi connectivity index (χ3v) is 3.34. The summed E-state index contributed by atoms with van der Waals surface area (Å²) in [7, 11) is 1.62. The van der Waals surface area contributed by atoms with E-state index >= 15 is 0 Å². The van der Waals surface area contributed by atoms with E-state index in [1.165, 1.54) is 21.3 Å². The van der Waals surface area contributed by atoms with Gasteiger partial charge in [0.15, 0.2) is 0 Å². The molecule has 2 heterocycles. The fourth-order valence-electron chi connectivity index (χ4n) is 1.59. The highest BCUT2D eigenvalue weighted by Crippen LogP contribution is 2.12. The molecule has 0 saturated carbocycles. The molecule has 2 amide bonds. The van der Waals surface area contributed by atoms with E-state index < -0.39 is 0 Å². The van der Waals surface area contributed by atoms with Crippen molar-refractivity contribution in [2.45, 2.75) is 6.42 Å². The molecule has 0 aromatic carbocycles. The van der Waals surface area contributed by atoms with Crippen LogP contribution in [0.4, 0.5) is 0 Å². The van der Waals surface area contributed by atoms with Gasteiger partial charge in [-0.2, -0.15) is 0 Å². The zero-order chi connectivity index (χ0) is 12.3. The van der Waals surface area contributed by atoms with E-state index in [4.69, 9.17) is 4.84 Å². The largest absolute Gasteiger partial charge is 0.332 e. The van der Waals surface area contributed by atoms with Gasteiger partial charge in [-0.15, -0.1) is 11.3 Å². The Kier molecular flexibility index (Phi) is 3.75. The van der Waals surface area contributed by atoms with Crippen molar-refractivity contribution in [2.24, 2.45) is 0 Å². The van der Waals surface area contributed by atoms with Gasteiger partial charge in [-0.05, 0) is 17.9 Å². The zero-order valence-corrected chi connectivity index (χ0v) is 10.4. The van der Waals surface area contributed by atoms with Crippen molar-refractivity contribution in [1.82, 2.24) is 9.96 Å². The smallest absolute Gasteiger partial charge is 0.265 e. The molecular formula is C11H14N2O3S. The van der Waals surface area contributed by atoms with Gasteiger partial charge in [-0.3, -0.25) is 14.4 Å². The van der Waals surface area contributed by atoms with Gasteiger partial charge in [-0.25, -0.2) is 5.06 Å². The van der Waals surface area contributed by atoms with E-state index in [9.17, 15) is 9.59 Å². The van der Waals surface area contributed by atoms with Crippen molar-refractivity contribution in [1.29, 1.82) is 0 Å². The Balaban J connectivity index is 1.90. The maximum Gasteiger partial charge on any atom is 0.265 e. The van der Waals surface area contributed by atoms with E-state index in [-0.39, 0.29) is 18.4 Å². The van der Waals surface area contributed by atoms with Crippen molar-refractivity contribution >= 4 is 23.2 Å². The topological polar surface area (TPSA) is 49.9 Å². The van der Waals surface area contributed by atoms with Crippen LogP contribution in [0.2, 0.25) is 0 Å². The number of hydroxylamine groups is 2. The van der Waals surface area contributed by atoms with Crippen LogP contribution in [0.25, 0.3) is 0 Å². The van der Waals surface area contributed by atoms with Gasteiger partial charge in [0.1, 0.15) is 6.54 Å². The molecule has 6 heteroatoms. The highest BCUT2D eigenvalue weighted by molar-refractivity contribution is 7.12. The molecule has 0 aliphatic carbocycles. The number of amides is 2. The van der Waals surface area contributed by atoms with Crippen LogP contribution in [-0.4, -0.2) is 48.5 Å². The summed E-state index contributed by atoms with van der Waals surface area (Å²) in [5, 5.41) is 3.17. The van der Waals surface area contributed by atoms with Crippen molar-refractivity contribution < 1.29 is 14.4 Å². The van der Waals surface area contributed by atoms with Gasteiger partial charge in [0.05, 0.1) is 18.0 Å². The molecule has 0 unspecified atom stereocenters. The Morgan fingerprint density at radius 1 is 1.59 bits per heavy atom. The zero-order valence-electron chi connectivity index (χ0n) is 9.59. The summed E-state index contributed by atoms with van der Waals surface area (Å²) in [6.45, 7) is 1.24. The molecule has 0 spiro atoms. The molecule has 0 atom stereocenters. The SMILES string of the molecule is CN(CC(=O)N1CCCO1)C(=O)c1cccs1. The van der Waals surface area contributed by atoms with E-state index in [2.05, 4.69) is 0 Å². The van der Waals surface area contributed by atoms with E-state index in [0.717, 1.165) is 6.42 Å². The van der Waals surface area contributed by atoms with Crippen LogP contribution in [0.5, 0.6) is 0 Å². The number of nitrogens with zero attached hydrogens (tertiary/aromatic N) is 2. The monoisotopic (exact) mass is 254 g/mol. The normalized spacial score (nSPS) is 15.0. The first-order valence-corrected chi connectivity index (χ1v) is 6.28. The lowest BCUT2D eigenvalue weighted by atomic mass is 10.4. The second kappa shape index (κ2) is 5.29. The minimum atomic E-state index is -0.171. The predicted molar refractivity (Wildman–Crippen MR) is 63.6 cm³/mol. The molecular weight excluding hydrogens is 240 g/mol. The van der Waals surface area contributed by atoms with Gasteiger partial charge in [0.25, 0.3) is 11.8 Å². The molecule has 1 fully saturated rings. The van der Waals surface area contributed by atoms with E-state index in [0.29, 0.717) is 18.0 Å². The molecule has 1 aromatic heterocycles. The maximum atomic E-state index is 11.9. The van der Waals surface area contributed by atoms with Gasteiger partial charge < -0.3 is 4.90 Å². The molecule has 1 saturated heterocycles. The lowest BCUT2D eigenvalue weighted by Crippen LogP contribution is -2.39. The third-order valence-electron chi connectivity index (χ3n) is 2.48. The van der Waals surface area contributed by atoms with Crippen molar-refractivity contribution in [2.75, 3.05) is 26.7 Å². The minimum absolute atomic E-state index is 0.0523. The summed E-state index contributed by atoms with van der Waals surface area (Å²) in [6, 6.07) is 3.57. The molecule has 1 aliphatic heterocycles. The van der Waals surface area contributed by atoms with Gasteiger partial charge in [0.2, 0.25) is 0 Å². The molecule has 1 aromatic rings.